The van der Waals surface area contributed by atoms with Crippen molar-refractivity contribution in [3.63, 3.8) is 0 Å². The maximum atomic E-state index is 10.3. The number of rotatable bonds is 4. The molecule has 1 atom stereocenters. The van der Waals surface area contributed by atoms with Crippen LogP contribution in [0, 0.1) is 7.43 Å². The fourth-order valence-electron chi connectivity index (χ4n) is 0.284. The maximum Gasteiger partial charge on any atom is 0.113 e. The number of ketones is 1. The van der Waals surface area contributed by atoms with Gasteiger partial charge in [-0.3, -0.25) is 6.29 Å². The van der Waals surface area contributed by atoms with E-state index >= 15 is 0 Å². The summed E-state index contributed by atoms with van der Waals surface area (Å²) < 4.78 is 6.34. The fourth-order valence-corrected chi connectivity index (χ4v) is 0.852. The Hall–Kier alpha value is 1.44. The summed E-state index contributed by atoms with van der Waals surface area (Å²) >= 11 is 1.53. The van der Waals surface area contributed by atoms with E-state index in [9.17, 15) is 4.79 Å². The van der Waals surface area contributed by atoms with Gasteiger partial charge in [-0.15, -0.1) is 0 Å². The first-order chi connectivity index (χ1) is 6.09. The maximum absolute atomic E-state index is 10.3. The first kappa shape index (κ1) is 25.3. The van der Waals surface area contributed by atoms with Crippen LogP contribution in [0.2, 0.25) is 0 Å². The van der Waals surface area contributed by atoms with Gasteiger partial charge in [0.05, 0.1) is 0 Å². The Morgan fingerprint density at radius 1 is 1.67 bits per heavy atom. The summed E-state index contributed by atoms with van der Waals surface area (Å²) in [5.74, 6) is 0.578. The van der Waals surface area contributed by atoms with E-state index in [1.54, 1.807) is 6.29 Å². The third-order valence-corrected chi connectivity index (χ3v) is 1.59. The van der Waals surface area contributed by atoms with Gasteiger partial charge in [0.1, 0.15) is 5.78 Å². The van der Waals surface area contributed by atoms with Gasteiger partial charge in [0.25, 0.3) is 0 Å². The van der Waals surface area contributed by atoms with Gasteiger partial charge >= 0.3 is 0 Å². The van der Waals surface area contributed by atoms with E-state index in [0.717, 1.165) is 0 Å². The van der Waals surface area contributed by atoms with E-state index in [0.29, 0.717) is 5.75 Å². The van der Waals surface area contributed by atoms with Crippen molar-refractivity contribution in [2.75, 3.05) is 12.0 Å². The van der Waals surface area contributed by atoms with Crippen LogP contribution >= 0.6 is 11.8 Å². The van der Waals surface area contributed by atoms with Crippen LogP contribution in [0.1, 0.15) is 21.6 Å². The Balaban J connectivity index is -0.0000000454. The van der Waals surface area contributed by atoms with E-state index in [-0.39, 0.29) is 80.3 Å². The van der Waals surface area contributed by atoms with Crippen molar-refractivity contribution in [2.45, 2.75) is 26.3 Å². The largest absolute Gasteiger partial charge is 0.668 e. The van der Waals surface area contributed by atoms with Crippen molar-refractivity contribution in [2.24, 2.45) is 0 Å². The van der Waals surface area contributed by atoms with Gasteiger partial charge in [0.2, 0.25) is 0 Å². The van der Waals surface area contributed by atoms with Gasteiger partial charge < -0.3 is 22.7 Å². The molecule has 3 nitrogen and oxygen atoms in total. The van der Waals surface area contributed by atoms with E-state index in [1.807, 2.05) is 6.26 Å². The van der Waals surface area contributed by atoms with Crippen LogP contribution in [0.4, 0.5) is 0 Å². The zero-order chi connectivity index (χ0) is 10.7. The molecule has 0 saturated heterocycles. The number of hydrogen-bond acceptors (Lipinski definition) is 3. The second-order valence-corrected chi connectivity index (χ2v) is 2.92. The zero-order valence-electron chi connectivity index (χ0n) is 10.4. The summed E-state index contributed by atoms with van der Waals surface area (Å²) in [6.07, 6.45) is 3.72. The second kappa shape index (κ2) is 24.6. The molecule has 0 bridgehead atoms. The summed E-state index contributed by atoms with van der Waals surface area (Å²) in [7, 11) is 0. The van der Waals surface area contributed by atoms with Gasteiger partial charge in [0.15, 0.2) is 0 Å². The topological polar surface area (TPSA) is 57.9 Å². The number of carbonyl (C=O) groups excluding carboxylic acids is 2. The predicted molar refractivity (Wildman–Crippen MR) is 59.6 cm³/mol. The third-order valence-electron chi connectivity index (χ3n) is 0.926. The molecule has 0 aromatic carbocycles. The molecule has 15 heavy (non-hydrogen) atoms. The molecule has 0 aliphatic rings. The molecule has 0 fully saturated rings. The molecule has 89 valence electrons. The van der Waals surface area contributed by atoms with Crippen LogP contribution in [0.25, 0.3) is 5.73 Å². The van der Waals surface area contributed by atoms with Gasteiger partial charge in [-0.2, -0.15) is 18.2 Å². The van der Waals surface area contributed by atoms with Crippen LogP contribution in [0.15, 0.2) is 0 Å². The van der Waals surface area contributed by atoms with Crippen molar-refractivity contribution in [3.05, 3.63) is 13.2 Å². The summed E-state index contributed by atoms with van der Waals surface area (Å²) in [5, 5.41) is 0. The molecule has 0 spiro atoms. The van der Waals surface area contributed by atoms with Crippen molar-refractivity contribution >= 4 is 23.8 Å². The number of nitrogens with one attached hydrogen (secondary N) is 1. The van der Waals surface area contributed by atoms with Gasteiger partial charge in [-0.05, 0) is 18.9 Å². The standard InChI is InChI=1S/C5H10NOS.C3H5O.CH3.W.Y/c1-4(7)5(6)3-8-2;1-2-3-4;;;/h5-6H,3H2,1-2H3;2H2,1H3;1H3;;/q3*-1;;/i;1T;;;. The number of carbonyl (C=O) groups is 1. The average Bonchev–Trinajstić information content (AvgIpc) is 2.07. The molecule has 6 heteroatoms. The molecule has 0 amide bonds. The molecule has 0 aromatic heterocycles. The second-order valence-electron chi connectivity index (χ2n) is 2.01. The van der Waals surface area contributed by atoms with Crippen LogP contribution < -0.4 is 0 Å². The van der Waals surface area contributed by atoms with E-state index < -0.39 is 6.04 Å². The molecule has 0 rings (SSSR count). The number of Topliss-reactive ketones (excluding diaryl/α,β-unsaturated/α-hetero) is 1. The Morgan fingerprint density at radius 3 is 2.20 bits per heavy atom. The van der Waals surface area contributed by atoms with Gasteiger partial charge in [0, 0.05) is 55.1 Å². The molecule has 0 heterocycles. The number of hydrogen-bond donors (Lipinski definition) is 0. The minimum Gasteiger partial charge on any atom is -0.668 e. The molecular formula is C9H18NO2SWY-3. The summed E-state index contributed by atoms with van der Waals surface area (Å²) in [5.41, 5.74) is 7.06. The van der Waals surface area contributed by atoms with Gasteiger partial charge in [-0.1, -0.05) is 12.9 Å². The normalized spacial score (nSPS) is 9.67. The minimum absolute atomic E-state index is 0. The molecule has 0 aliphatic carbocycles. The van der Waals surface area contributed by atoms with Crippen LogP contribution in [-0.2, 0) is 63.4 Å². The Bertz CT molecular complexity index is 155. The predicted octanol–water partition coefficient (Wildman–Crippen LogP) is 2.31. The van der Waals surface area contributed by atoms with Crippen LogP contribution in [-0.4, -0.2) is 30.1 Å². The van der Waals surface area contributed by atoms with Crippen molar-refractivity contribution in [1.82, 2.24) is 0 Å². The smallest absolute Gasteiger partial charge is 0.113 e. The SMILES string of the molecule is CSCC([NH-])C(C)=O.[3H]CC[C-]=O.[CH3-].[W].[Y]. The third kappa shape index (κ3) is 31.3. The summed E-state index contributed by atoms with van der Waals surface area (Å²) in [6.45, 7) is 1.62. The van der Waals surface area contributed by atoms with Crippen molar-refractivity contribution < 1.29 is 64.7 Å². The number of thioether (sulfide) groups is 1. The zero-order valence-corrected chi connectivity index (χ0v) is 16.0. The van der Waals surface area contributed by atoms with E-state index in [1.165, 1.54) is 18.7 Å². The molecule has 0 aromatic rings. The molecule has 1 unspecified atom stereocenters. The first-order valence-corrected chi connectivity index (χ1v) is 4.84. The first-order valence-electron chi connectivity index (χ1n) is 4.15. The summed E-state index contributed by atoms with van der Waals surface area (Å²) in [6, 6.07) is -0.509. The molecule has 0 saturated carbocycles. The van der Waals surface area contributed by atoms with Crippen LogP contribution in [0.5, 0.6) is 0 Å². The monoisotopic (exact) mass is 479 g/mol. The Labute approximate surface area is 139 Å². The Morgan fingerprint density at radius 2 is 2.13 bits per heavy atom. The average molecular weight is 479 g/mol. The fraction of sp³-hybridized carbons (Fsp3) is 0.667. The quantitative estimate of drug-likeness (QED) is 0.582. The van der Waals surface area contributed by atoms with Crippen molar-refractivity contribution in [3.8, 4) is 0 Å². The molecule has 0 aliphatic heterocycles. The van der Waals surface area contributed by atoms with E-state index in [2.05, 4.69) is 0 Å². The van der Waals surface area contributed by atoms with Crippen molar-refractivity contribution in [1.29, 1.82) is 0 Å². The van der Waals surface area contributed by atoms with Gasteiger partial charge in [-0.25, -0.2) is 0 Å². The van der Waals surface area contributed by atoms with Crippen LogP contribution in [0.3, 0.4) is 0 Å². The molecule has 1 N–H and O–H groups in total. The Kier molecular flexibility index (Phi) is 41.5. The molecular weight excluding hydrogens is 459 g/mol. The minimum atomic E-state index is -0.509. The summed E-state index contributed by atoms with van der Waals surface area (Å²) in [4.78, 5) is 19.5. The van der Waals surface area contributed by atoms with E-state index in [4.69, 9.17) is 11.9 Å². The molecule has 1 radical (unpaired) electrons.